The van der Waals surface area contributed by atoms with E-state index in [2.05, 4.69) is 31.2 Å². The van der Waals surface area contributed by atoms with Crippen LogP contribution in [0, 0.1) is 0 Å². The maximum Gasteiger partial charge on any atom is 0.330 e. The van der Waals surface area contributed by atoms with Crippen molar-refractivity contribution in [3.63, 3.8) is 0 Å². The molecular weight excluding hydrogens is 224 g/mol. The standard InChI is InChI=1S/C16H20O2/c1-3-18-15(17)10-12-16(2)11-6-8-13-7-4-5-9-14(13)16/h4-5,7,9-10,12H,3,6,8,11H2,1-2H3/b12-10+. The van der Waals surface area contributed by atoms with Crippen molar-refractivity contribution in [3.8, 4) is 0 Å². The molecule has 2 nitrogen and oxygen atoms in total. The van der Waals surface area contributed by atoms with Gasteiger partial charge < -0.3 is 4.74 Å². The minimum absolute atomic E-state index is 0.0401. The molecule has 0 saturated carbocycles. The van der Waals surface area contributed by atoms with Crippen molar-refractivity contribution < 1.29 is 9.53 Å². The monoisotopic (exact) mass is 244 g/mol. The first-order chi connectivity index (χ1) is 8.65. The second kappa shape index (κ2) is 5.38. The van der Waals surface area contributed by atoms with Gasteiger partial charge in [0.25, 0.3) is 0 Å². The van der Waals surface area contributed by atoms with E-state index in [0.717, 1.165) is 12.8 Å². The average molecular weight is 244 g/mol. The van der Waals surface area contributed by atoms with Gasteiger partial charge in [-0.3, -0.25) is 0 Å². The minimum atomic E-state index is -0.248. The molecule has 2 heteroatoms. The van der Waals surface area contributed by atoms with E-state index in [1.807, 2.05) is 13.0 Å². The highest BCUT2D eigenvalue weighted by Gasteiger charge is 2.29. The van der Waals surface area contributed by atoms with Gasteiger partial charge in [-0.2, -0.15) is 0 Å². The maximum atomic E-state index is 11.4. The summed E-state index contributed by atoms with van der Waals surface area (Å²) in [6, 6.07) is 8.51. The van der Waals surface area contributed by atoms with Crippen LogP contribution in [-0.4, -0.2) is 12.6 Å². The molecule has 1 aliphatic rings. The number of aryl methyl sites for hydroxylation is 1. The van der Waals surface area contributed by atoms with Crippen molar-refractivity contribution in [2.45, 2.75) is 38.5 Å². The van der Waals surface area contributed by atoms with Crippen molar-refractivity contribution in [1.82, 2.24) is 0 Å². The van der Waals surface area contributed by atoms with E-state index in [1.54, 1.807) is 6.08 Å². The van der Waals surface area contributed by atoms with Crippen LogP contribution in [0.5, 0.6) is 0 Å². The highest BCUT2D eigenvalue weighted by Crippen LogP contribution is 2.38. The van der Waals surface area contributed by atoms with E-state index in [9.17, 15) is 4.79 Å². The van der Waals surface area contributed by atoms with Crippen molar-refractivity contribution in [1.29, 1.82) is 0 Å². The van der Waals surface area contributed by atoms with Gasteiger partial charge in [-0.15, -0.1) is 0 Å². The summed E-state index contributed by atoms with van der Waals surface area (Å²) in [6.45, 7) is 4.44. The Hall–Kier alpha value is -1.57. The zero-order chi connectivity index (χ0) is 13.0. The molecule has 1 aromatic rings. The van der Waals surface area contributed by atoms with Gasteiger partial charge in [0.05, 0.1) is 6.61 Å². The lowest BCUT2D eigenvalue weighted by Crippen LogP contribution is -2.25. The number of hydrogen-bond acceptors (Lipinski definition) is 2. The molecular formula is C16H20O2. The van der Waals surface area contributed by atoms with Gasteiger partial charge in [-0.25, -0.2) is 4.79 Å². The Balaban J connectivity index is 2.24. The topological polar surface area (TPSA) is 26.3 Å². The summed E-state index contributed by atoms with van der Waals surface area (Å²) in [5, 5.41) is 0. The first-order valence-corrected chi connectivity index (χ1v) is 6.60. The molecule has 0 bridgehead atoms. The molecule has 0 radical (unpaired) electrons. The van der Waals surface area contributed by atoms with Crippen LogP contribution < -0.4 is 0 Å². The van der Waals surface area contributed by atoms with Gasteiger partial charge in [-0.05, 0) is 37.3 Å². The van der Waals surface area contributed by atoms with Gasteiger partial charge in [-0.1, -0.05) is 37.3 Å². The Kier molecular flexibility index (Phi) is 3.85. The second-order valence-electron chi connectivity index (χ2n) is 5.01. The molecule has 2 rings (SSSR count). The lowest BCUT2D eigenvalue weighted by atomic mass is 9.71. The smallest absolute Gasteiger partial charge is 0.330 e. The largest absolute Gasteiger partial charge is 0.463 e. The number of carbonyl (C=O) groups is 1. The van der Waals surface area contributed by atoms with E-state index in [-0.39, 0.29) is 11.4 Å². The fourth-order valence-electron chi connectivity index (χ4n) is 2.69. The normalized spacial score (nSPS) is 22.8. The molecule has 0 N–H and O–H groups in total. The first-order valence-electron chi connectivity index (χ1n) is 6.60. The number of benzene rings is 1. The number of esters is 1. The Morgan fingerprint density at radius 3 is 3.00 bits per heavy atom. The summed E-state index contributed by atoms with van der Waals surface area (Å²) in [6.07, 6.45) is 6.97. The molecule has 0 heterocycles. The lowest BCUT2D eigenvalue weighted by Gasteiger charge is -2.33. The predicted octanol–water partition coefficient (Wildman–Crippen LogP) is 3.40. The van der Waals surface area contributed by atoms with Crippen LogP contribution in [0.2, 0.25) is 0 Å². The summed E-state index contributed by atoms with van der Waals surface area (Å²) in [4.78, 5) is 11.4. The molecule has 0 aliphatic heterocycles. The van der Waals surface area contributed by atoms with Crippen LogP contribution in [0.1, 0.15) is 37.8 Å². The molecule has 96 valence electrons. The molecule has 1 aromatic carbocycles. The second-order valence-corrected chi connectivity index (χ2v) is 5.01. The zero-order valence-electron chi connectivity index (χ0n) is 11.1. The number of rotatable bonds is 3. The molecule has 18 heavy (non-hydrogen) atoms. The molecule has 0 fully saturated rings. The van der Waals surface area contributed by atoms with Gasteiger partial charge in [0, 0.05) is 11.5 Å². The van der Waals surface area contributed by atoms with Crippen LogP contribution in [0.3, 0.4) is 0 Å². The lowest BCUT2D eigenvalue weighted by molar-refractivity contribution is -0.137. The maximum absolute atomic E-state index is 11.4. The molecule has 1 aliphatic carbocycles. The van der Waals surface area contributed by atoms with Crippen LogP contribution in [0.25, 0.3) is 0 Å². The van der Waals surface area contributed by atoms with Crippen LogP contribution in [0.4, 0.5) is 0 Å². The highest BCUT2D eigenvalue weighted by molar-refractivity contribution is 5.82. The number of fused-ring (bicyclic) bond motifs is 1. The van der Waals surface area contributed by atoms with E-state index in [4.69, 9.17) is 4.74 Å². The predicted molar refractivity (Wildman–Crippen MR) is 72.5 cm³/mol. The minimum Gasteiger partial charge on any atom is -0.463 e. The van der Waals surface area contributed by atoms with Crippen LogP contribution in [-0.2, 0) is 21.4 Å². The van der Waals surface area contributed by atoms with Crippen molar-refractivity contribution in [3.05, 3.63) is 47.5 Å². The van der Waals surface area contributed by atoms with Crippen molar-refractivity contribution >= 4 is 5.97 Å². The number of allylic oxidation sites excluding steroid dienone is 1. The third-order valence-corrected chi connectivity index (χ3v) is 3.65. The van der Waals surface area contributed by atoms with E-state index >= 15 is 0 Å². The fourth-order valence-corrected chi connectivity index (χ4v) is 2.69. The number of hydrogen-bond donors (Lipinski definition) is 0. The van der Waals surface area contributed by atoms with Gasteiger partial charge in [0.15, 0.2) is 0 Å². The van der Waals surface area contributed by atoms with Crippen molar-refractivity contribution in [2.24, 2.45) is 0 Å². The summed E-state index contributed by atoms with van der Waals surface area (Å²) in [5.41, 5.74) is 2.71. The number of carbonyl (C=O) groups excluding carboxylic acids is 1. The van der Waals surface area contributed by atoms with Gasteiger partial charge in [0.2, 0.25) is 0 Å². The van der Waals surface area contributed by atoms with E-state index in [1.165, 1.54) is 17.5 Å². The summed E-state index contributed by atoms with van der Waals surface area (Å²) >= 11 is 0. The molecule has 1 unspecified atom stereocenters. The Labute approximate surface area is 109 Å². The Bertz CT molecular complexity index is 462. The molecule has 0 saturated heterocycles. The van der Waals surface area contributed by atoms with Crippen LogP contribution >= 0.6 is 0 Å². The molecule has 0 spiro atoms. The summed E-state index contributed by atoms with van der Waals surface area (Å²) in [5.74, 6) is -0.248. The van der Waals surface area contributed by atoms with Crippen molar-refractivity contribution in [2.75, 3.05) is 6.61 Å². The number of ether oxygens (including phenoxy) is 1. The van der Waals surface area contributed by atoms with Gasteiger partial charge in [0.1, 0.15) is 0 Å². The summed E-state index contributed by atoms with van der Waals surface area (Å²) in [7, 11) is 0. The Morgan fingerprint density at radius 2 is 2.22 bits per heavy atom. The van der Waals surface area contributed by atoms with E-state index in [0.29, 0.717) is 6.61 Å². The highest BCUT2D eigenvalue weighted by atomic mass is 16.5. The fraction of sp³-hybridized carbons (Fsp3) is 0.438. The molecule has 0 aromatic heterocycles. The SMILES string of the molecule is CCOC(=O)/C=C/C1(C)CCCc2ccccc21. The van der Waals surface area contributed by atoms with Crippen LogP contribution in [0.15, 0.2) is 36.4 Å². The molecule has 1 atom stereocenters. The summed E-state index contributed by atoms with van der Waals surface area (Å²) < 4.78 is 4.94. The zero-order valence-corrected chi connectivity index (χ0v) is 11.1. The first kappa shape index (κ1) is 12.9. The quantitative estimate of drug-likeness (QED) is 0.601. The van der Waals surface area contributed by atoms with Gasteiger partial charge >= 0.3 is 5.97 Å². The Morgan fingerprint density at radius 1 is 1.44 bits per heavy atom. The third-order valence-electron chi connectivity index (χ3n) is 3.65. The molecule has 0 amide bonds. The average Bonchev–Trinajstić information content (AvgIpc) is 2.38. The third kappa shape index (κ3) is 2.63. The van der Waals surface area contributed by atoms with E-state index < -0.39 is 0 Å².